The van der Waals surface area contributed by atoms with Gasteiger partial charge in [0.2, 0.25) is 5.91 Å². The van der Waals surface area contributed by atoms with Crippen molar-refractivity contribution in [1.29, 1.82) is 0 Å². The van der Waals surface area contributed by atoms with Crippen molar-refractivity contribution >= 4 is 51.9 Å². The summed E-state index contributed by atoms with van der Waals surface area (Å²) in [5, 5.41) is 4.15. The quantitative estimate of drug-likeness (QED) is 0.846. The Morgan fingerprint density at radius 3 is 2.62 bits per heavy atom. The van der Waals surface area contributed by atoms with Gasteiger partial charge in [-0.25, -0.2) is 0 Å². The number of nitrogens with zero attached hydrogens (tertiary/aromatic N) is 1. The van der Waals surface area contributed by atoms with Gasteiger partial charge in [0.1, 0.15) is 6.54 Å². The number of anilines is 1. The second kappa shape index (κ2) is 7.02. The number of amides is 3. The van der Waals surface area contributed by atoms with Gasteiger partial charge in [0.25, 0.3) is 11.1 Å². The van der Waals surface area contributed by atoms with E-state index >= 15 is 0 Å². The number of thiophene rings is 1. The largest absolute Gasteiger partial charge is 0.325 e. The van der Waals surface area contributed by atoms with Crippen LogP contribution in [-0.2, 0) is 9.59 Å². The summed E-state index contributed by atoms with van der Waals surface area (Å²) in [6.45, 7) is 1.66. The summed E-state index contributed by atoms with van der Waals surface area (Å²) in [6.07, 6.45) is 1.67. The Hall–Kier alpha value is -2.38. The van der Waals surface area contributed by atoms with Crippen LogP contribution in [0.3, 0.4) is 0 Å². The van der Waals surface area contributed by atoms with Gasteiger partial charge >= 0.3 is 0 Å². The first-order valence-electron chi connectivity index (χ1n) is 7.18. The fourth-order valence-corrected chi connectivity index (χ4v) is 3.68. The monoisotopic (exact) mass is 358 g/mol. The highest BCUT2D eigenvalue weighted by Crippen LogP contribution is 2.32. The van der Waals surface area contributed by atoms with E-state index in [0.29, 0.717) is 10.6 Å². The highest BCUT2D eigenvalue weighted by atomic mass is 32.2. The Kier molecular flexibility index (Phi) is 4.82. The van der Waals surface area contributed by atoms with E-state index in [4.69, 9.17) is 0 Å². The molecule has 0 saturated carbocycles. The first-order valence-corrected chi connectivity index (χ1v) is 8.88. The first kappa shape index (κ1) is 16.5. The molecule has 0 aliphatic carbocycles. The number of aryl methyl sites for hydroxylation is 1. The molecule has 1 aliphatic heterocycles. The van der Waals surface area contributed by atoms with Crippen molar-refractivity contribution < 1.29 is 14.4 Å². The Morgan fingerprint density at radius 1 is 1.21 bits per heavy atom. The van der Waals surface area contributed by atoms with Crippen molar-refractivity contribution in [3.8, 4) is 0 Å². The number of hydrogen-bond acceptors (Lipinski definition) is 5. The molecule has 0 bridgehead atoms. The lowest BCUT2D eigenvalue weighted by Gasteiger charge is -2.12. The maximum atomic E-state index is 12.3. The summed E-state index contributed by atoms with van der Waals surface area (Å²) in [4.78, 5) is 38.6. The molecule has 3 rings (SSSR count). The lowest BCUT2D eigenvalue weighted by molar-refractivity contribution is -0.127. The molecule has 1 aromatic heterocycles. The standard InChI is InChI=1S/C17H14N2O3S2/c1-11-4-6-12(7-5-11)18-15(20)10-19-16(21)14(24-17(19)22)9-13-3-2-8-23-13/h2-9H,10H2,1H3,(H,18,20)/b14-9+. The van der Waals surface area contributed by atoms with E-state index in [1.807, 2.05) is 36.6 Å². The van der Waals surface area contributed by atoms with Gasteiger partial charge in [-0.3, -0.25) is 19.3 Å². The molecular formula is C17H14N2O3S2. The van der Waals surface area contributed by atoms with E-state index in [2.05, 4.69) is 5.32 Å². The van der Waals surface area contributed by atoms with Gasteiger partial charge in [-0.2, -0.15) is 0 Å². The molecule has 1 saturated heterocycles. The van der Waals surface area contributed by atoms with Gasteiger partial charge in [0.15, 0.2) is 0 Å². The second-order valence-corrected chi connectivity index (χ2v) is 7.17. The van der Waals surface area contributed by atoms with Gasteiger partial charge in [-0.1, -0.05) is 23.8 Å². The van der Waals surface area contributed by atoms with E-state index in [-0.39, 0.29) is 6.54 Å². The molecule has 1 fully saturated rings. The van der Waals surface area contributed by atoms with Crippen molar-refractivity contribution in [3.63, 3.8) is 0 Å². The normalized spacial score (nSPS) is 16.0. The number of imide groups is 1. The molecule has 24 heavy (non-hydrogen) atoms. The molecule has 0 unspecified atom stereocenters. The molecule has 122 valence electrons. The Balaban J connectivity index is 1.66. The highest BCUT2D eigenvalue weighted by Gasteiger charge is 2.36. The van der Waals surface area contributed by atoms with E-state index in [0.717, 1.165) is 27.1 Å². The molecule has 2 aromatic rings. The minimum absolute atomic E-state index is 0.291. The molecule has 1 aliphatic rings. The zero-order valence-corrected chi connectivity index (χ0v) is 14.4. The van der Waals surface area contributed by atoms with Crippen LogP contribution in [0.15, 0.2) is 46.7 Å². The first-order chi connectivity index (χ1) is 11.5. The second-order valence-electron chi connectivity index (χ2n) is 5.20. The summed E-state index contributed by atoms with van der Waals surface area (Å²) in [5.41, 5.74) is 1.71. The average molecular weight is 358 g/mol. The topological polar surface area (TPSA) is 66.5 Å². The maximum absolute atomic E-state index is 12.3. The molecule has 3 amide bonds. The smallest absolute Gasteiger partial charge is 0.294 e. The van der Waals surface area contributed by atoms with Gasteiger partial charge < -0.3 is 5.32 Å². The predicted molar refractivity (Wildman–Crippen MR) is 96.8 cm³/mol. The maximum Gasteiger partial charge on any atom is 0.294 e. The van der Waals surface area contributed by atoms with Crippen molar-refractivity contribution in [2.45, 2.75) is 6.92 Å². The van der Waals surface area contributed by atoms with Crippen LogP contribution in [0.1, 0.15) is 10.4 Å². The highest BCUT2D eigenvalue weighted by molar-refractivity contribution is 8.18. The van der Waals surface area contributed by atoms with E-state index < -0.39 is 17.1 Å². The minimum Gasteiger partial charge on any atom is -0.325 e. The summed E-state index contributed by atoms with van der Waals surface area (Å²) >= 11 is 2.34. The van der Waals surface area contributed by atoms with Gasteiger partial charge in [0, 0.05) is 10.6 Å². The van der Waals surface area contributed by atoms with Gasteiger partial charge in [0.05, 0.1) is 4.91 Å². The summed E-state index contributed by atoms with van der Waals surface area (Å²) in [7, 11) is 0. The van der Waals surface area contributed by atoms with Crippen LogP contribution in [0.4, 0.5) is 10.5 Å². The number of hydrogen-bond donors (Lipinski definition) is 1. The number of carbonyl (C=O) groups excluding carboxylic acids is 3. The number of rotatable bonds is 4. The molecular weight excluding hydrogens is 344 g/mol. The Bertz CT molecular complexity index is 811. The summed E-state index contributed by atoms with van der Waals surface area (Å²) in [6, 6.07) is 11.0. The van der Waals surface area contributed by atoms with Crippen molar-refractivity contribution in [3.05, 3.63) is 57.1 Å². The third kappa shape index (κ3) is 3.74. The van der Waals surface area contributed by atoms with Crippen molar-refractivity contribution in [2.75, 3.05) is 11.9 Å². The third-order valence-electron chi connectivity index (χ3n) is 3.33. The number of benzene rings is 1. The lowest BCUT2D eigenvalue weighted by atomic mass is 10.2. The molecule has 1 aromatic carbocycles. The van der Waals surface area contributed by atoms with E-state index in [1.165, 1.54) is 11.3 Å². The molecule has 0 atom stereocenters. The van der Waals surface area contributed by atoms with Crippen LogP contribution in [0, 0.1) is 6.92 Å². The zero-order chi connectivity index (χ0) is 17.1. The zero-order valence-electron chi connectivity index (χ0n) is 12.8. The Labute approximate surface area is 147 Å². The fourth-order valence-electron chi connectivity index (χ4n) is 2.12. The van der Waals surface area contributed by atoms with Crippen LogP contribution in [-0.4, -0.2) is 28.5 Å². The number of nitrogens with one attached hydrogen (secondary N) is 1. The van der Waals surface area contributed by atoms with E-state index in [1.54, 1.807) is 18.2 Å². The SMILES string of the molecule is Cc1ccc(NC(=O)CN2C(=O)S/C(=C/c3cccs3)C2=O)cc1. The van der Waals surface area contributed by atoms with Gasteiger partial charge in [-0.05, 0) is 48.3 Å². The number of carbonyl (C=O) groups is 3. The van der Waals surface area contributed by atoms with E-state index in [9.17, 15) is 14.4 Å². The van der Waals surface area contributed by atoms with Crippen LogP contribution < -0.4 is 5.32 Å². The third-order valence-corrected chi connectivity index (χ3v) is 5.05. The molecule has 0 radical (unpaired) electrons. The van der Waals surface area contributed by atoms with Crippen LogP contribution in [0.2, 0.25) is 0 Å². The van der Waals surface area contributed by atoms with Crippen LogP contribution >= 0.6 is 23.1 Å². The summed E-state index contributed by atoms with van der Waals surface area (Å²) in [5.74, 6) is -0.837. The Morgan fingerprint density at radius 2 is 1.96 bits per heavy atom. The lowest BCUT2D eigenvalue weighted by Crippen LogP contribution is -2.36. The van der Waals surface area contributed by atoms with Crippen LogP contribution in [0.25, 0.3) is 6.08 Å². The van der Waals surface area contributed by atoms with Gasteiger partial charge in [-0.15, -0.1) is 11.3 Å². The summed E-state index contributed by atoms with van der Waals surface area (Å²) < 4.78 is 0. The number of thioether (sulfide) groups is 1. The molecule has 2 heterocycles. The molecule has 0 spiro atoms. The van der Waals surface area contributed by atoms with Crippen molar-refractivity contribution in [1.82, 2.24) is 4.90 Å². The fraction of sp³-hybridized carbons (Fsp3) is 0.118. The molecule has 1 N–H and O–H groups in total. The molecule has 7 heteroatoms. The van der Waals surface area contributed by atoms with Crippen molar-refractivity contribution in [2.24, 2.45) is 0 Å². The minimum atomic E-state index is -0.433. The molecule has 5 nitrogen and oxygen atoms in total. The van der Waals surface area contributed by atoms with Crippen LogP contribution in [0.5, 0.6) is 0 Å². The predicted octanol–water partition coefficient (Wildman–Crippen LogP) is 3.73. The average Bonchev–Trinajstić information content (AvgIpc) is 3.14.